The van der Waals surface area contributed by atoms with Crippen LogP contribution in [-0.4, -0.2) is 33.0 Å². The van der Waals surface area contributed by atoms with Crippen molar-refractivity contribution >= 4 is 11.6 Å². The average molecular weight is 277 g/mol. The van der Waals surface area contributed by atoms with E-state index in [1.807, 2.05) is 24.9 Å². The summed E-state index contributed by atoms with van der Waals surface area (Å²) in [6, 6.07) is 0. The molecule has 0 aliphatic heterocycles. The van der Waals surface area contributed by atoms with Crippen LogP contribution >= 0.6 is 0 Å². The van der Waals surface area contributed by atoms with Gasteiger partial charge in [0.25, 0.3) is 0 Å². The molecule has 20 heavy (non-hydrogen) atoms. The van der Waals surface area contributed by atoms with Crippen LogP contribution in [0.3, 0.4) is 0 Å². The molecular weight excluding hydrogens is 254 g/mol. The Balaban J connectivity index is 2.15. The summed E-state index contributed by atoms with van der Waals surface area (Å²) in [6.45, 7) is 5.74. The molecule has 2 aromatic rings. The van der Waals surface area contributed by atoms with Gasteiger partial charge in [-0.05, 0) is 19.8 Å². The van der Waals surface area contributed by atoms with Crippen LogP contribution in [0.15, 0.2) is 12.4 Å². The number of hydrogen-bond donors (Lipinski definition) is 1. The number of rotatable bonds is 7. The number of aromatic nitrogens is 4. The van der Waals surface area contributed by atoms with Crippen molar-refractivity contribution in [2.75, 3.05) is 19.0 Å². The topological polar surface area (TPSA) is 56.9 Å². The van der Waals surface area contributed by atoms with Crippen LogP contribution in [-0.2, 0) is 24.8 Å². The van der Waals surface area contributed by atoms with E-state index in [1.165, 1.54) is 0 Å². The van der Waals surface area contributed by atoms with Crippen LogP contribution in [0.1, 0.15) is 24.7 Å². The maximum atomic E-state index is 5.10. The molecule has 0 aliphatic carbocycles. The number of ether oxygens (including phenoxy) is 1. The highest BCUT2D eigenvalue weighted by atomic mass is 16.5. The molecule has 0 saturated heterocycles. The van der Waals surface area contributed by atoms with Crippen LogP contribution in [0.2, 0.25) is 0 Å². The zero-order valence-electron chi connectivity index (χ0n) is 12.7. The van der Waals surface area contributed by atoms with Gasteiger partial charge in [0.2, 0.25) is 5.95 Å². The summed E-state index contributed by atoms with van der Waals surface area (Å²) in [6.07, 6.45) is 5.91. The van der Waals surface area contributed by atoms with Gasteiger partial charge >= 0.3 is 0 Å². The van der Waals surface area contributed by atoms with Gasteiger partial charge in [-0.1, -0.05) is 6.92 Å². The second kappa shape index (κ2) is 6.56. The summed E-state index contributed by atoms with van der Waals surface area (Å²) < 4.78 is 9.05. The molecule has 0 aliphatic rings. The number of aryl methyl sites for hydroxylation is 4. The van der Waals surface area contributed by atoms with Crippen molar-refractivity contribution in [3.63, 3.8) is 0 Å². The predicted octanol–water partition coefficient (Wildman–Crippen LogP) is 2.27. The van der Waals surface area contributed by atoms with Gasteiger partial charge in [-0.3, -0.25) is 4.68 Å². The van der Waals surface area contributed by atoms with Crippen molar-refractivity contribution < 1.29 is 4.74 Å². The molecule has 6 heteroatoms. The van der Waals surface area contributed by atoms with Gasteiger partial charge in [-0.25, -0.2) is 4.98 Å². The number of hydrogen-bond acceptors (Lipinski definition) is 4. The van der Waals surface area contributed by atoms with Crippen LogP contribution < -0.4 is 5.32 Å². The maximum absolute atomic E-state index is 5.10. The second-order valence-corrected chi connectivity index (χ2v) is 4.89. The molecule has 0 fully saturated rings. The van der Waals surface area contributed by atoms with E-state index in [1.54, 1.807) is 7.11 Å². The summed E-state index contributed by atoms with van der Waals surface area (Å²) >= 11 is 0. The first-order valence-electron chi connectivity index (χ1n) is 6.96. The van der Waals surface area contributed by atoms with E-state index in [4.69, 9.17) is 4.74 Å². The lowest BCUT2D eigenvalue weighted by atomic mass is 10.3. The molecule has 2 aromatic heterocycles. The van der Waals surface area contributed by atoms with Gasteiger partial charge in [-0.15, -0.1) is 0 Å². The third-order valence-electron chi connectivity index (χ3n) is 3.13. The third-order valence-corrected chi connectivity index (χ3v) is 3.13. The lowest BCUT2D eigenvalue weighted by Gasteiger charge is -2.09. The largest absolute Gasteiger partial charge is 0.385 e. The van der Waals surface area contributed by atoms with E-state index in [-0.39, 0.29) is 0 Å². The van der Waals surface area contributed by atoms with E-state index in [0.717, 1.165) is 49.0 Å². The molecule has 0 radical (unpaired) electrons. The van der Waals surface area contributed by atoms with Crippen LogP contribution in [0.5, 0.6) is 0 Å². The SMILES string of the molecule is CCc1nn(C)cc1Nc1nc(C)cn1CCCOC. The van der Waals surface area contributed by atoms with E-state index in [9.17, 15) is 0 Å². The maximum Gasteiger partial charge on any atom is 0.207 e. The lowest BCUT2D eigenvalue weighted by Crippen LogP contribution is -2.05. The Morgan fingerprint density at radius 3 is 2.85 bits per heavy atom. The summed E-state index contributed by atoms with van der Waals surface area (Å²) in [4.78, 5) is 4.54. The molecule has 0 aromatic carbocycles. The van der Waals surface area contributed by atoms with E-state index in [0.29, 0.717) is 0 Å². The monoisotopic (exact) mass is 277 g/mol. The van der Waals surface area contributed by atoms with Gasteiger partial charge in [0.1, 0.15) is 0 Å². The summed E-state index contributed by atoms with van der Waals surface area (Å²) in [5.41, 5.74) is 3.08. The fourth-order valence-corrected chi connectivity index (χ4v) is 2.22. The molecule has 0 bridgehead atoms. The van der Waals surface area contributed by atoms with Gasteiger partial charge in [0.15, 0.2) is 0 Å². The Morgan fingerprint density at radius 1 is 1.35 bits per heavy atom. The normalized spacial score (nSPS) is 11.0. The minimum absolute atomic E-state index is 0.754. The fraction of sp³-hybridized carbons (Fsp3) is 0.571. The highest BCUT2D eigenvalue weighted by Gasteiger charge is 2.10. The quantitative estimate of drug-likeness (QED) is 0.789. The molecule has 0 saturated carbocycles. The van der Waals surface area contributed by atoms with Gasteiger partial charge in [0.05, 0.1) is 17.1 Å². The van der Waals surface area contributed by atoms with Crippen molar-refractivity contribution in [1.29, 1.82) is 0 Å². The number of anilines is 2. The second-order valence-electron chi connectivity index (χ2n) is 4.89. The molecule has 1 N–H and O–H groups in total. The minimum atomic E-state index is 0.754. The first-order valence-corrected chi connectivity index (χ1v) is 6.96. The summed E-state index contributed by atoms with van der Waals surface area (Å²) in [7, 11) is 3.65. The highest BCUT2D eigenvalue weighted by Crippen LogP contribution is 2.20. The van der Waals surface area contributed by atoms with Gasteiger partial charge in [0, 0.05) is 39.7 Å². The Kier molecular flexibility index (Phi) is 4.79. The van der Waals surface area contributed by atoms with Crippen molar-refractivity contribution in [2.45, 2.75) is 33.2 Å². The van der Waals surface area contributed by atoms with E-state index >= 15 is 0 Å². The van der Waals surface area contributed by atoms with Crippen LogP contribution in [0.4, 0.5) is 11.6 Å². The number of methoxy groups -OCH3 is 1. The molecule has 2 heterocycles. The zero-order valence-corrected chi connectivity index (χ0v) is 12.7. The zero-order chi connectivity index (χ0) is 14.5. The minimum Gasteiger partial charge on any atom is -0.385 e. The highest BCUT2D eigenvalue weighted by molar-refractivity contribution is 5.56. The molecule has 0 amide bonds. The Morgan fingerprint density at radius 2 is 2.15 bits per heavy atom. The van der Waals surface area contributed by atoms with Crippen molar-refractivity contribution in [3.05, 3.63) is 23.8 Å². The third kappa shape index (κ3) is 3.39. The summed E-state index contributed by atoms with van der Waals surface area (Å²) in [5, 5.41) is 7.82. The predicted molar refractivity (Wildman–Crippen MR) is 79.3 cm³/mol. The molecule has 0 unspecified atom stereocenters. The smallest absolute Gasteiger partial charge is 0.207 e. The van der Waals surface area contributed by atoms with Crippen LogP contribution in [0, 0.1) is 6.92 Å². The molecule has 2 rings (SSSR count). The number of nitrogens with one attached hydrogen (secondary N) is 1. The first-order chi connectivity index (χ1) is 9.63. The van der Waals surface area contributed by atoms with Crippen molar-refractivity contribution in [1.82, 2.24) is 19.3 Å². The van der Waals surface area contributed by atoms with Crippen LogP contribution in [0.25, 0.3) is 0 Å². The molecule has 0 spiro atoms. The van der Waals surface area contributed by atoms with E-state index < -0.39 is 0 Å². The number of imidazole rings is 1. The van der Waals surface area contributed by atoms with Crippen molar-refractivity contribution in [2.24, 2.45) is 7.05 Å². The van der Waals surface area contributed by atoms with Gasteiger partial charge < -0.3 is 14.6 Å². The lowest BCUT2D eigenvalue weighted by molar-refractivity contribution is 0.190. The molecular formula is C14H23N5O. The Hall–Kier alpha value is -1.82. The van der Waals surface area contributed by atoms with Crippen molar-refractivity contribution in [3.8, 4) is 0 Å². The van der Waals surface area contributed by atoms with Gasteiger partial charge in [-0.2, -0.15) is 5.10 Å². The Labute approximate surface area is 119 Å². The molecule has 110 valence electrons. The first kappa shape index (κ1) is 14.6. The molecule has 0 atom stereocenters. The average Bonchev–Trinajstić information content (AvgIpc) is 2.93. The molecule has 6 nitrogen and oxygen atoms in total. The fourth-order valence-electron chi connectivity index (χ4n) is 2.22. The standard InChI is InChI=1S/C14H23N5O/c1-5-12-13(10-18(3)17-12)16-14-15-11(2)9-19(14)7-6-8-20-4/h9-10H,5-8H2,1-4H3,(H,15,16). The Bertz CT molecular complexity index is 558. The summed E-state index contributed by atoms with van der Waals surface area (Å²) in [5.74, 6) is 0.862. The van der Waals surface area contributed by atoms with E-state index in [2.05, 4.69) is 33.1 Å². The number of nitrogens with zero attached hydrogens (tertiary/aromatic N) is 4.